The molecule has 26 heavy (non-hydrogen) atoms. The van der Waals surface area contributed by atoms with Gasteiger partial charge in [-0.1, -0.05) is 19.1 Å². The quantitative estimate of drug-likeness (QED) is 0.723. The van der Waals surface area contributed by atoms with Gasteiger partial charge >= 0.3 is 5.97 Å². The zero-order valence-electron chi connectivity index (χ0n) is 14.5. The van der Waals surface area contributed by atoms with E-state index in [1.165, 1.54) is 37.4 Å². The summed E-state index contributed by atoms with van der Waals surface area (Å²) in [4.78, 5) is 23.6. The number of amides is 1. The predicted octanol–water partition coefficient (Wildman–Crippen LogP) is 2.41. The van der Waals surface area contributed by atoms with E-state index in [-0.39, 0.29) is 27.6 Å². The van der Waals surface area contributed by atoms with Gasteiger partial charge in [-0.2, -0.15) is 0 Å². The van der Waals surface area contributed by atoms with Crippen molar-refractivity contribution in [2.45, 2.75) is 18.2 Å². The molecule has 0 aliphatic rings. The minimum Gasteiger partial charge on any atom is -0.465 e. The Bertz CT molecular complexity index is 892. The molecule has 0 unspecified atom stereocenters. The summed E-state index contributed by atoms with van der Waals surface area (Å²) in [5.74, 6) is -0.911. The van der Waals surface area contributed by atoms with Crippen molar-refractivity contribution in [2.24, 2.45) is 0 Å². The first-order chi connectivity index (χ1) is 12.4. The number of methoxy groups -OCH3 is 1. The minimum atomic E-state index is -3.92. The van der Waals surface area contributed by atoms with E-state index < -0.39 is 16.0 Å². The van der Waals surface area contributed by atoms with Gasteiger partial charge in [-0.25, -0.2) is 13.2 Å². The van der Waals surface area contributed by atoms with E-state index in [1.54, 1.807) is 18.2 Å². The Labute approximate surface area is 152 Å². The first-order valence-corrected chi connectivity index (χ1v) is 9.45. The summed E-state index contributed by atoms with van der Waals surface area (Å²) >= 11 is 0. The molecule has 0 fully saturated rings. The van der Waals surface area contributed by atoms with Crippen molar-refractivity contribution in [2.75, 3.05) is 18.4 Å². The summed E-state index contributed by atoms with van der Waals surface area (Å²) in [6.07, 6.45) is 0.770. The molecule has 0 heterocycles. The second-order valence-electron chi connectivity index (χ2n) is 5.42. The number of ether oxygens (including phenoxy) is 1. The van der Waals surface area contributed by atoms with Gasteiger partial charge in [0.25, 0.3) is 15.9 Å². The normalized spacial score (nSPS) is 10.8. The number of hydrogen-bond donors (Lipinski definition) is 2. The number of rotatable bonds is 7. The summed E-state index contributed by atoms with van der Waals surface area (Å²) in [7, 11) is -2.68. The SMILES string of the molecule is CCCNC(=O)c1ccccc1NS(=O)(=O)c1ccc(C(=O)OC)cc1. The number of carbonyl (C=O) groups is 2. The number of sulfonamides is 1. The molecule has 2 N–H and O–H groups in total. The molecule has 2 aromatic carbocycles. The van der Waals surface area contributed by atoms with Crippen LogP contribution in [0.25, 0.3) is 0 Å². The zero-order chi connectivity index (χ0) is 19.2. The topological polar surface area (TPSA) is 102 Å². The van der Waals surface area contributed by atoms with Crippen molar-refractivity contribution < 1.29 is 22.7 Å². The molecular weight excluding hydrogens is 356 g/mol. The van der Waals surface area contributed by atoms with Crippen LogP contribution in [0, 0.1) is 0 Å². The van der Waals surface area contributed by atoms with Gasteiger partial charge in [0.2, 0.25) is 0 Å². The van der Waals surface area contributed by atoms with Crippen molar-refractivity contribution >= 4 is 27.6 Å². The van der Waals surface area contributed by atoms with E-state index in [1.807, 2.05) is 6.92 Å². The molecular formula is C18H20N2O5S. The third kappa shape index (κ3) is 4.60. The highest BCUT2D eigenvalue weighted by Gasteiger charge is 2.19. The maximum absolute atomic E-state index is 12.6. The van der Waals surface area contributed by atoms with Crippen LogP contribution in [-0.2, 0) is 14.8 Å². The van der Waals surface area contributed by atoms with E-state index >= 15 is 0 Å². The average Bonchev–Trinajstić information content (AvgIpc) is 2.65. The number of anilines is 1. The number of benzene rings is 2. The van der Waals surface area contributed by atoms with Crippen molar-refractivity contribution in [3.63, 3.8) is 0 Å². The lowest BCUT2D eigenvalue weighted by Crippen LogP contribution is -2.25. The number of nitrogens with one attached hydrogen (secondary N) is 2. The second kappa shape index (κ2) is 8.48. The Morgan fingerprint density at radius 2 is 1.69 bits per heavy atom. The fourth-order valence-electron chi connectivity index (χ4n) is 2.20. The summed E-state index contributed by atoms with van der Waals surface area (Å²) in [6.45, 7) is 2.42. The molecule has 0 spiro atoms. The number of carbonyl (C=O) groups excluding carboxylic acids is 2. The van der Waals surface area contributed by atoms with Crippen LogP contribution in [0.3, 0.4) is 0 Å². The standard InChI is InChI=1S/C18H20N2O5S/c1-3-12-19-17(21)15-6-4-5-7-16(15)20-26(23,24)14-10-8-13(9-11-14)18(22)25-2/h4-11,20H,3,12H2,1-2H3,(H,19,21). The zero-order valence-corrected chi connectivity index (χ0v) is 15.3. The molecule has 138 valence electrons. The number of hydrogen-bond acceptors (Lipinski definition) is 5. The monoisotopic (exact) mass is 376 g/mol. The van der Waals surface area contributed by atoms with Gasteiger partial charge in [0.05, 0.1) is 28.8 Å². The largest absolute Gasteiger partial charge is 0.465 e. The Kier molecular flexibility index (Phi) is 6.35. The van der Waals surface area contributed by atoms with E-state index in [0.717, 1.165) is 6.42 Å². The van der Waals surface area contributed by atoms with E-state index in [9.17, 15) is 18.0 Å². The van der Waals surface area contributed by atoms with Gasteiger partial charge in [-0.3, -0.25) is 9.52 Å². The summed E-state index contributed by atoms with van der Waals surface area (Å²) in [5, 5.41) is 2.72. The van der Waals surface area contributed by atoms with Gasteiger partial charge in [0.1, 0.15) is 0 Å². The molecule has 0 atom stereocenters. The van der Waals surface area contributed by atoms with Gasteiger partial charge in [0.15, 0.2) is 0 Å². The third-order valence-electron chi connectivity index (χ3n) is 3.54. The molecule has 7 nitrogen and oxygen atoms in total. The van der Waals surface area contributed by atoms with Crippen LogP contribution in [-0.4, -0.2) is 33.9 Å². The Morgan fingerprint density at radius 1 is 1.04 bits per heavy atom. The molecule has 2 rings (SSSR count). The average molecular weight is 376 g/mol. The highest BCUT2D eigenvalue weighted by Crippen LogP contribution is 2.20. The van der Waals surface area contributed by atoms with E-state index in [2.05, 4.69) is 14.8 Å². The molecule has 0 aromatic heterocycles. The molecule has 2 aromatic rings. The predicted molar refractivity (Wildman–Crippen MR) is 97.7 cm³/mol. The van der Waals surface area contributed by atoms with Crippen LogP contribution >= 0.6 is 0 Å². The summed E-state index contributed by atoms with van der Waals surface area (Å²) < 4.78 is 32.2. The smallest absolute Gasteiger partial charge is 0.337 e. The van der Waals surface area contributed by atoms with Crippen LogP contribution < -0.4 is 10.0 Å². The Morgan fingerprint density at radius 3 is 2.31 bits per heavy atom. The van der Waals surface area contributed by atoms with Crippen LogP contribution in [0.15, 0.2) is 53.4 Å². The lowest BCUT2D eigenvalue weighted by molar-refractivity contribution is 0.0600. The van der Waals surface area contributed by atoms with E-state index in [0.29, 0.717) is 6.54 Å². The van der Waals surface area contributed by atoms with Gasteiger partial charge < -0.3 is 10.1 Å². The fourth-order valence-corrected chi connectivity index (χ4v) is 3.28. The van der Waals surface area contributed by atoms with Crippen molar-refractivity contribution in [3.05, 3.63) is 59.7 Å². The molecule has 0 radical (unpaired) electrons. The highest BCUT2D eigenvalue weighted by molar-refractivity contribution is 7.92. The molecule has 0 saturated carbocycles. The molecule has 8 heteroatoms. The van der Waals surface area contributed by atoms with E-state index in [4.69, 9.17) is 0 Å². The van der Waals surface area contributed by atoms with Gasteiger partial charge in [0, 0.05) is 6.54 Å². The maximum Gasteiger partial charge on any atom is 0.337 e. The van der Waals surface area contributed by atoms with Crippen molar-refractivity contribution in [1.29, 1.82) is 0 Å². The maximum atomic E-state index is 12.6. The fraction of sp³-hybridized carbons (Fsp3) is 0.222. The molecule has 0 saturated heterocycles. The molecule has 0 aliphatic carbocycles. The summed E-state index contributed by atoms with van der Waals surface area (Å²) in [5.41, 5.74) is 0.652. The van der Waals surface area contributed by atoms with Crippen LogP contribution in [0.2, 0.25) is 0 Å². The first-order valence-electron chi connectivity index (χ1n) is 7.97. The summed E-state index contributed by atoms with van der Waals surface area (Å²) in [6, 6.07) is 11.7. The Balaban J connectivity index is 2.27. The van der Waals surface area contributed by atoms with Gasteiger partial charge in [-0.05, 0) is 42.8 Å². The minimum absolute atomic E-state index is 0.0334. The second-order valence-corrected chi connectivity index (χ2v) is 7.11. The molecule has 0 bridgehead atoms. The first kappa shape index (κ1) is 19.5. The van der Waals surface area contributed by atoms with Crippen LogP contribution in [0.5, 0.6) is 0 Å². The van der Waals surface area contributed by atoms with Crippen molar-refractivity contribution in [3.8, 4) is 0 Å². The van der Waals surface area contributed by atoms with Crippen LogP contribution in [0.1, 0.15) is 34.1 Å². The molecule has 1 amide bonds. The number of para-hydroxylation sites is 1. The Hall–Kier alpha value is -2.87. The lowest BCUT2D eigenvalue weighted by atomic mass is 10.1. The molecule has 0 aliphatic heterocycles. The van der Waals surface area contributed by atoms with Crippen LogP contribution in [0.4, 0.5) is 5.69 Å². The van der Waals surface area contributed by atoms with Crippen molar-refractivity contribution in [1.82, 2.24) is 5.32 Å². The third-order valence-corrected chi connectivity index (χ3v) is 4.92. The lowest BCUT2D eigenvalue weighted by Gasteiger charge is -2.13. The number of esters is 1. The highest BCUT2D eigenvalue weighted by atomic mass is 32.2. The van der Waals surface area contributed by atoms with Gasteiger partial charge in [-0.15, -0.1) is 0 Å².